The van der Waals surface area contributed by atoms with Gasteiger partial charge in [-0.05, 0) is 49.1 Å². The van der Waals surface area contributed by atoms with Crippen LogP contribution in [-0.4, -0.2) is 47.5 Å². The van der Waals surface area contributed by atoms with Gasteiger partial charge in [0.25, 0.3) is 0 Å². The Kier molecular flexibility index (Phi) is 5.76. The Morgan fingerprint density at radius 3 is 2.59 bits per heavy atom. The van der Waals surface area contributed by atoms with Crippen LogP contribution < -0.4 is 5.32 Å². The molecule has 8 heteroatoms. The van der Waals surface area contributed by atoms with Gasteiger partial charge in [0.1, 0.15) is 0 Å². The molecule has 0 radical (unpaired) electrons. The molecule has 2 aromatic rings. The van der Waals surface area contributed by atoms with E-state index in [0.29, 0.717) is 25.9 Å². The fourth-order valence-electron chi connectivity index (χ4n) is 3.32. The molecule has 1 amide bonds. The Balaban J connectivity index is 1.73. The molecular weight excluding hydrogens is 364 g/mol. The maximum Gasteiger partial charge on any atom is 0.243 e. The maximum atomic E-state index is 13.0. The molecule has 2 heterocycles. The van der Waals surface area contributed by atoms with E-state index in [1.807, 2.05) is 13.1 Å². The van der Waals surface area contributed by atoms with Crippen molar-refractivity contribution < 1.29 is 13.2 Å². The van der Waals surface area contributed by atoms with Crippen LogP contribution in [-0.2, 0) is 21.9 Å². The smallest absolute Gasteiger partial charge is 0.243 e. The summed E-state index contributed by atoms with van der Waals surface area (Å²) in [4.78, 5) is 11.8. The van der Waals surface area contributed by atoms with Crippen molar-refractivity contribution in [1.29, 1.82) is 0 Å². The minimum absolute atomic E-state index is 0.0251. The Bertz CT molecular complexity index is 919. The highest BCUT2D eigenvalue weighted by atomic mass is 32.2. The lowest BCUT2D eigenvalue weighted by molar-refractivity contribution is -0.117. The van der Waals surface area contributed by atoms with Crippen molar-refractivity contribution in [1.82, 2.24) is 19.4 Å². The van der Waals surface area contributed by atoms with E-state index >= 15 is 0 Å². The minimum Gasteiger partial charge on any atom is -0.350 e. The summed E-state index contributed by atoms with van der Waals surface area (Å²) < 4.78 is 29.2. The summed E-state index contributed by atoms with van der Waals surface area (Å²) in [5.74, 6) is -0.220. The van der Waals surface area contributed by atoms with Crippen LogP contribution in [0.4, 0.5) is 0 Å². The highest BCUT2D eigenvalue weighted by Gasteiger charge is 2.28. The number of rotatable bonds is 5. The molecule has 1 aliphatic rings. The second-order valence-electron chi connectivity index (χ2n) is 6.61. The Morgan fingerprint density at radius 2 is 1.96 bits per heavy atom. The third-order valence-corrected chi connectivity index (χ3v) is 6.74. The summed E-state index contributed by atoms with van der Waals surface area (Å²) in [7, 11) is -1.71. The van der Waals surface area contributed by atoms with Crippen molar-refractivity contribution in [3.63, 3.8) is 0 Å². The lowest BCUT2D eigenvalue weighted by Gasteiger charge is -2.20. The number of aryl methyl sites for hydroxylation is 1. The molecule has 1 saturated heterocycles. The molecule has 7 nitrogen and oxygen atoms in total. The van der Waals surface area contributed by atoms with Gasteiger partial charge in [-0.15, -0.1) is 0 Å². The third kappa shape index (κ3) is 4.28. The second-order valence-corrected chi connectivity index (χ2v) is 8.55. The number of carbonyl (C=O) groups excluding carboxylic acids is 1. The van der Waals surface area contributed by atoms with E-state index in [0.717, 1.165) is 17.7 Å². The summed E-state index contributed by atoms with van der Waals surface area (Å²) in [5.41, 5.74) is 1.84. The molecular formula is C19H24N4O3S. The fraction of sp³-hybridized carbons (Fsp3) is 0.368. The first kappa shape index (κ1) is 19.3. The quantitative estimate of drug-likeness (QED) is 0.794. The van der Waals surface area contributed by atoms with Gasteiger partial charge < -0.3 is 5.32 Å². The van der Waals surface area contributed by atoms with E-state index in [-0.39, 0.29) is 16.8 Å². The minimum atomic E-state index is -3.56. The van der Waals surface area contributed by atoms with Gasteiger partial charge in [-0.2, -0.15) is 9.40 Å². The third-order valence-electron chi connectivity index (χ3n) is 4.83. The molecule has 1 atom stereocenters. The van der Waals surface area contributed by atoms with Gasteiger partial charge in [-0.25, -0.2) is 8.42 Å². The first-order valence-corrected chi connectivity index (χ1v) is 10.4. The number of hydrogen-bond acceptors (Lipinski definition) is 4. The molecule has 0 spiro atoms. The Hall–Kier alpha value is -2.45. The fourth-order valence-corrected chi connectivity index (χ4v) is 4.81. The van der Waals surface area contributed by atoms with Crippen LogP contribution in [0.1, 0.15) is 19.3 Å². The highest BCUT2D eigenvalue weighted by molar-refractivity contribution is 7.89. The lowest BCUT2D eigenvalue weighted by atomic mass is 10.1. The summed E-state index contributed by atoms with van der Waals surface area (Å²) in [6.07, 6.45) is 4.99. The van der Waals surface area contributed by atoms with E-state index in [2.05, 4.69) is 17.0 Å². The van der Waals surface area contributed by atoms with E-state index < -0.39 is 10.0 Å². The van der Waals surface area contributed by atoms with Crippen molar-refractivity contribution in [3.05, 3.63) is 49.2 Å². The van der Waals surface area contributed by atoms with E-state index in [1.165, 1.54) is 10.4 Å². The molecule has 1 aromatic heterocycles. The monoisotopic (exact) mass is 388 g/mol. The maximum absolute atomic E-state index is 13.0. The van der Waals surface area contributed by atoms with Crippen molar-refractivity contribution in [2.75, 3.05) is 13.1 Å². The van der Waals surface area contributed by atoms with Gasteiger partial charge in [-0.1, -0.05) is 18.7 Å². The number of nitrogens with one attached hydrogen (secondary N) is 1. The zero-order valence-electron chi connectivity index (χ0n) is 15.3. The molecule has 1 unspecified atom stereocenters. The van der Waals surface area contributed by atoms with Crippen LogP contribution in [0.15, 0.2) is 54.1 Å². The molecule has 3 rings (SSSR count). The summed E-state index contributed by atoms with van der Waals surface area (Å²) >= 11 is 0. The van der Waals surface area contributed by atoms with Crippen LogP contribution >= 0.6 is 0 Å². The van der Waals surface area contributed by atoms with Crippen molar-refractivity contribution in [2.24, 2.45) is 7.05 Å². The molecule has 1 N–H and O–H groups in total. The molecule has 0 saturated carbocycles. The van der Waals surface area contributed by atoms with E-state index in [9.17, 15) is 13.2 Å². The molecule has 0 aliphatic carbocycles. The SMILES string of the molecule is C=CC(=O)NC1CCCN(S(=O)(=O)c2ccc(-c3ccnn3C)cc2)CC1. The van der Waals surface area contributed by atoms with Crippen LogP contribution in [0.3, 0.4) is 0 Å². The summed E-state index contributed by atoms with van der Waals surface area (Å²) in [6, 6.07) is 8.74. The second kappa shape index (κ2) is 8.06. The average molecular weight is 388 g/mol. The van der Waals surface area contributed by atoms with Gasteiger partial charge in [0.2, 0.25) is 15.9 Å². The number of benzene rings is 1. The van der Waals surface area contributed by atoms with Gasteiger partial charge >= 0.3 is 0 Å². The van der Waals surface area contributed by atoms with Crippen LogP contribution in [0.2, 0.25) is 0 Å². The normalized spacial score (nSPS) is 18.6. The average Bonchev–Trinajstić information content (AvgIpc) is 2.95. The molecule has 1 fully saturated rings. The zero-order valence-corrected chi connectivity index (χ0v) is 16.2. The van der Waals surface area contributed by atoms with Crippen LogP contribution in [0.5, 0.6) is 0 Å². The molecule has 0 bridgehead atoms. The van der Waals surface area contributed by atoms with E-state index in [4.69, 9.17) is 0 Å². The number of amides is 1. The van der Waals surface area contributed by atoms with Crippen molar-refractivity contribution >= 4 is 15.9 Å². The topological polar surface area (TPSA) is 84.3 Å². The molecule has 1 aromatic carbocycles. The predicted molar refractivity (Wildman–Crippen MR) is 103 cm³/mol. The van der Waals surface area contributed by atoms with Crippen LogP contribution in [0.25, 0.3) is 11.3 Å². The first-order valence-electron chi connectivity index (χ1n) is 8.93. The summed E-state index contributed by atoms with van der Waals surface area (Å²) in [5, 5.41) is 7.00. The van der Waals surface area contributed by atoms with Crippen molar-refractivity contribution in [2.45, 2.75) is 30.2 Å². The Labute approximate surface area is 159 Å². The van der Waals surface area contributed by atoms with E-state index in [1.54, 1.807) is 35.1 Å². The number of carbonyl (C=O) groups is 1. The van der Waals surface area contributed by atoms with Gasteiger partial charge in [-0.3, -0.25) is 9.48 Å². The number of aromatic nitrogens is 2. The zero-order chi connectivity index (χ0) is 19.4. The lowest BCUT2D eigenvalue weighted by Crippen LogP contribution is -2.36. The van der Waals surface area contributed by atoms with Gasteiger partial charge in [0.05, 0.1) is 10.6 Å². The predicted octanol–water partition coefficient (Wildman–Crippen LogP) is 1.93. The molecule has 144 valence electrons. The Morgan fingerprint density at radius 1 is 1.22 bits per heavy atom. The molecule has 27 heavy (non-hydrogen) atoms. The van der Waals surface area contributed by atoms with Crippen LogP contribution in [0, 0.1) is 0 Å². The highest BCUT2D eigenvalue weighted by Crippen LogP contribution is 2.24. The standard InChI is InChI=1S/C19H24N4O3S/c1-3-19(24)21-16-5-4-13-23(14-11-16)27(25,26)17-8-6-15(7-9-17)18-10-12-20-22(18)2/h3,6-10,12,16H,1,4-5,11,13-14H2,2H3,(H,21,24). The number of hydrogen-bond donors (Lipinski definition) is 1. The molecule has 1 aliphatic heterocycles. The number of nitrogens with zero attached hydrogens (tertiary/aromatic N) is 3. The van der Waals surface area contributed by atoms with Crippen molar-refractivity contribution in [3.8, 4) is 11.3 Å². The summed E-state index contributed by atoms with van der Waals surface area (Å²) in [6.45, 7) is 4.28. The first-order chi connectivity index (χ1) is 12.9. The largest absolute Gasteiger partial charge is 0.350 e. The number of sulfonamides is 1. The van der Waals surface area contributed by atoms with Gasteiger partial charge in [0.15, 0.2) is 0 Å². The van der Waals surface area contributed by atoms with Gasteiger partial charge in [0, 0.05) is 32.4 Å².